The number of nitrogen functional groups attached to an aromatic ring is 1. The SMILES string of the molecule is Nc1cc(C(=O)N2Cc3ccccc3C2)on1. The zero-order chi connectivity index (χ0) is 11.8. The Kier molecular flexibility index (Phi) is 2.11. The number of rotatable bonds is 1. The van der Waals surface area contributed by atoms with Crippen molar-refractivity contribution in [3.05, 3.63) is 47.2 Å². The number of aromatic nitrogens is 1. The minimum absolute atomic E-state index is 0.176. The molecule has 0 unspecified atom stereocenters. The van der Waals surface area contributed by atoms with Gasteiger partial charge in [-0.2, -0.15) is 0 Å². The van der Waals surface area contributed by atoms with Crippen LogP contribution in [0.4, 0.5) is 5.82 Å². The molecule has 1 aromatic heterocycles. The lowest BCUT2D eigenvalue weighted by Gasteiger charge is -2.12. The Morgan fingerprint density at radius 3 is 2.47 bits per heavy atom. The van der Waals surface area contributed by atoms with Crippen molar-refractivity contribution in [2.45, 2.75) is 13.1 Å². The van der Waals surface area contributed by atoms with Crippen LogP contribution in [-0.4, -0.2) is 16.0 Å². The molecular formula is C12H11N3O2. The molecule has 2 N–H and O–H groups in total. The molecule has 0 bridgehead atoms. The molecule has 0 aliphatic carbocycles. The standard InChI is InChI=1S/C12H11N3O2/c13-11-5-10(17-14-11)12(16)15-6-8-3-1-2-4-9(8)7-15/h1-5H,6-7H2,(H2,13,14). The van der Waals surface area contributed by atoms with Crippen molar-refractivity contribution in [2.75, 3.05) is 5.73 Å². The summed E-state index contributed by atoms with van der Waals surface area (Å²) in [6.07, 6.45) is 0. The van der Waals surface area contributed by atoms with Crippen LogP contribution in [0.3, 0.4) is 0 Å². The number of hydrogen-bond donors (Lipinski definition) is 1. The summed E-state index contributed by atoms with van der Waals surface area (Å²) in [6.45, 7) is 1.21. The molecule has 0 atom stereocenters. The van der Waals surface area contributed by atoms with Crippen molar-refractivity contribution in [1.82, 2.24) is 10.1 Å². The van der Waals surface area contributed by atoms with E-state index in [1.807, 2.05) is 24.3 Å². The van der Waals surface area contributed by atoms with Crippen LogP contribution in [-0.2, 0) is 13.1 Å². The first-order chi connectivity index (χ1) is 8.24. The van der Waals surface area contributed by atoms with Gasteiger partial charge in [-0.1, -0.05) is 29.4 Å². The molecule has 1 aliphatic heterocycles. The van der Waals surface area contributed by atoms with E-state index in [2.05, 4.69) is 5.16 Å². The molecule has 17 heavy (non-hydrogen) atoms. The summed E-state index contributed by atoms with van der Waals surface area (Å²) >= 11 is 0. The Bertz CT molecular complexity index is 552. The van der Waals surface area contributed by atoms with Gasteiger partial charge in [0.25, 0.3) is 5.91 Å². The van der Waals surface area contributed by atoms with Crippen molar-refractivity contribution in [3.8, 4) is 0 Å². The summed E-state index contributed by atoms with van der Waals surface area (Å²) < 4.78 is 4.87. The molecule has 5 nitrogen and oxygen atoms in total. The quantitative estimate of drug-likeness (QED) is 0.802. The summed E-state index contributed by atoms with van der Waals surface area (Å²) in [7, 11) is 0. The van der Waals surface area contributed by atoms with Gasteiger partial charge in [0.15, 0.2) is 5.82 Å². The molecule has 0 spiro atoms. The predicted octanol–water partition coefficient (Wildman–Crippen LogP) is 1.41. The molecule has 86 valence electrons. The molecule has 0 saturated carbocycles. The minimum Gasteiger partial charge on any atom is -0.381 e. The van der Waals surface area contributed by atoms with Crippen LogP contribution in [0.25, 0.3) is 0 Å². The maximum atomic E-state index is 12.1. The zero-order valence-corrected chi connectivity index (χ0v) is 9.09. The van der Waals surface area contributed by atoms with Gasteiger partial charge in [-0.25, -0.2) is 0 Å². The maximum absolute atomic E-state index is 12.1. The van der Waals surface area contributed by atoms with E-state index in [1.54, 1.807) is 4.90 Å². The molecule has 0 fully saturated rings. The van der Waals surface area contributed by atoms with E-state index < -0.39 is 0 Å². The zero-order valence-electron chi connectivity index (χ0n) is 9.09. The third kappa shape index (κ3) is 1.65. The molecule has 2 heterocycles. The second-order valence-electron chi connectivity index (χ2n) is 4.05. The highest BCUT2D eigenvalue weighted by atomic mass is 16.5. The molecule has 1 amide bonds. The van der Waals surface area contributed by atoms with Gasteiger partial charge in [0, 0.05) is 19.2 Å². The van der Waals surface area contributed by atoms with E-state index in [9.17, 15) is 4.79 Å². The highest BCUT2D eigenvalue weighted by Gasteiger charge is 2.26. The number of fused-ring (bicyclic) bond motifs is 1. The number of carbonyl (C=O) groups excluding carboxylic acids is 1. The van der Waals surface area contributed by atoms with Crippen LogP contribution < -0.4 is 5.73 Å². The normalized spacial score (nSPS) is 13.8. The van der Waals surface area contributed by atoms with Crippen LogP contribution in [0, 0.1) is 0 Å². The first kappa shape index (κ1) is 9.89. The van der Waals surface area contributed by atoms with Crippen LogP contribution in [0.2, 0.25) is 0 Å². The number of nitrogens with two attached hydrogens (primary N) is 1. The third-order valence-corrected chi connectivity index (χ3v) is 2.87. The summed E-state index contributed by atoms with van der Waals surface area (Å²) in [5.74, 6) is 0.241. The number of anilines is 1. The molecule has 5 heteroatoms. The second-order valence-corrected chi connectivity index (χ2v) is 4.05. The first-order valence-corrected chi connectivity index (χ1v) is 5.32. The van der Waals surface area contributed by atoms with Crippen LogP contribution in [0.1, 0.15) is 21.7 Å². The molecule has 0 saturated heterocycles. The van der Waals surface area contributed by atoms with Gasteiger partial charge in [-0.05, 0) is 11.1 Å². The van der Waals surface area contributed by atoms with Crippen LogP contribution in [0.15, 0.2) is 34.9 Å². The van der Waals surface area contributed by atoms with Crippen molar-refractivity contribution >= 4 is 11.7 Å². The fourth-order valence-electron chi connectivity index (χ4n) is 2.02. The number of benzene rings is 1. The highest BCUT2D eigenvalue weighted by molar-refractivity contribution is 5.92. The van der Waals surface area contributed by atoms with Gasteiger partial charge in [-0.3, -0.25) is 4.79 Å². The molecular weight excluding hydrogens is 218 g/mol. The number of amides is 1. The van der Waals surface area contributed by atoms with Gasteiger partial charge >= 0.3 is 0 Å². The van der Waals surface area contributed by atoms with E-state index in [1.165, 1.54) is 17.2 Å². The third-order valence-electron chi connectivity index (χ3n) is 2.87. The molecule has 1 aromatic carbocycles. The van der Waals surface area contributed by atoms with E-state index in [0.29, 0.717) is 13.1 Å². The lowest BCUT2D eigenvalue weighted by atomic mass is 10.1. The smallest absolute Gasteiger partial charge is 0.293 e. The molecule has 0 radical (unpaired) electrons. The van der Waals surface area contributed by atoms with Crippen LogP contribution >= 0.6 is 0 Å². The average Bonchev–Trinajstić information content (AvgIpc) is 2.93. The number of nitrogens with zero attached hydrogens (tertiary/aromatic N) is 2. The van der Waals surface area contributed by atoms with Gasteiger partial charge in [0.05, 0.1) is 0 Å². The predicted molar refractivity (Wildman–Crippen MR) is 60.9 cm³/mol. The summed E-state index contributed by atoms with van der Waals surface area (Å²) in [4.78, 5) is 13.8. The van der Waals surface area contributed by atoms with Crippen molar-refractivity contribution in [1.29, 1.82) is 0 Å². The molecule has 2 aromatic rings. The number of hydrogen-bond acceptors (Lipinski definition) is 4. The van der Waals surface area contributed by atoms with Crippen molar-refractivity contribution < 1.29 is 9.32 Å². The lowest BCUT2D eigenvalue weighted by molar-refractivity contribution is 0.0709. The minimum atomic E-state index is -0.176. The Morgan fingerprint density at radius 1 is 1.29 bits per heavy atom. The van der Waals surface area contributed by atoms with Gasteiger partial charge in [-0.15, -0.1) is 0 Å². The van der Waals surface area contributed by atoms with Gasteiger partial charge in [0.2, 0.25) is 5.76 Å². The highest BCUT2D eigenvalue weighted by Crippen LogP contribution is 2.24. The fourth-order valence-corrected chi connectivity index (χ4v) is 2.02. The van der Waals surface area contributed by atoms with Gasteiger partial charge < -0.3 is 15.2 Å². The number of carbonyl (C=O) groups is 1. The Morgan fingerprint density at radius 2 is 1.94 bits per heavy atom. The van der Waals surface area contributed by atoms with E-state index in [-0.39, 0.29) is 17.5 Å². The Hall–Kier alpha value is -2.30. The molecule has 1 aliphatic rings. The largest absolute Gasteiger partial charge is 0.381 e. The lowest BCUT2D eigenvalue weighted by Crippen LogP contribution is -2.24. The fraction of sp³-hybridized carbons (Fsp3) is 0.167. The van der Waals surface area contributed by atoms with Crippen molar-refractivity contribution in [2.24, 2.45) is 0 Å². The maximum Gasteiger partial charge on any atom is 0.293 e. The van der Waals surface area contributed by atoms with Crippen molar-refractivity contribution in [3.63, 3.8) is 0 Å². The Balaban J connectivity index is 1.83. The summed E-state index contributed by atoms with van der Waals surface area (Å²) in [5, 5.41) is 3.51. The van der Waals surface area contributed by atoms with E-state index in [4.69, 9.17) is 10.3 Å². The van der Waals surface area contributed by atoms with E-state index in [0.717, 1.165) is 0 Å². The second kappa shape index (κ2) is 3.62. The van der Waals surface area contributed by atoms with E-state index >= 15 is 0 Å². The van der Waals surface area contributed by atoms with Gasteiger partial charge in [0.1, 0.15) is 0 Å². The first-order valence-electron chi connectivity index (χ1n) is 5.32. The topological polar surface area (TPSA) is 72.4 Å². The monoisotopic (exact) mass is 229 g/mol. The summed E-state index contributed by atoms with van der Waals surface area (Å²) in [5.41, 5.74) is 7.77. The summed E-state index contributed by atoms with van der Waals surface area (Å²) in [6, 6.07) is 9.44. The molecule has 3 rings (SSSR count). The van der Waals surface area contributed by atoms with Crippen LogP contribution in [0.5, 0.6) is 0 Å². The average molecular weight is 229 g/mol. The Labute approximate surface area is 97.8 Å².